The van der Waals surface area contributed by atoms with Gasteiger partial charge in [0.15, 0.2) is 0 Å². The van der Waals surface area contributed by atoms with Crippen LogP contribution in [0.25, 0.3) is 16.2 Å². The van der Waals surface area contributed by atoms with Crippen LogP contribution in [0, 0.1) is 0 Å². The number of benzene rings is 1. The van der Waals surface area contributed by atoms with Gasteiger partial charge in [0.2, 0.25) is 0 Å². The van der Waals surface area contributed by atoms with E-state index >= 15 is 0 Å². The van der Waals surface area contributed by atoms with E-state index in [0.717, 1.165) is 15.4 Å². The molecule has 0 radical (unpaired) electrons. The number of carbonyl (C=O) groups excluding carboxylic acids is 1. The molecule has 0 saturated carbocycles. The lowest BCUT2D eigenvalue weighted by Crippen LogP contribution is -2.27. The molecule has 1 saturated heterocycles. The first-order valence-corrected chi connectivity index (χ1v) is 8.92. The van der Waals surface area contributed by atoms with Gasteiger partial charge in [-0.2, -0.15) is 0 Å². The van der Waals surface area contributed by atoms with Crippen molar-refractivity contribution in [2.45, 2.75) is 6.92 Å². The number of thiophene rings is 1. The second-order valence-electron chi connectivity index (χ2n) is 4.26. The summed E-state index contributed by atoms with van der Waals surface area (Å²) in [5, 5.41) is 3.24. The minimum absolute atomic E-state index is 0.0110. The maximum Gasteiger partial charge on any atom is 0.266 e. The lowest BCUT2D eigenvalue weighted by Gasteiger charge is -2.09. The third-order valence-corrected chi connectivity index (χ3v) is 5.89. The van der Waals surface area contributed by atoms with Gasteiger partial charge < -0.3 is 0 Å². The number of thiocarbonyl (C=S) groups is 1. The summed E-state index contributed by atoms with van der Waals surface area (Å²) in [6, 6.07) is 6.19. The fourth-order valence-corrected chi connectivity index (χ4v) is 4.68. The van der Waals surface area contributed by atoms with Gasteiger partial charge in [0.1, 0.15) is 4.32 Å². The molecule has 1 aliphatic rings. The quantitative estimate of drug-likeness (QED) is 0.544. The van der Waals surface area contributed by atoms with Crippen molar-refractivity contribution in [2.24, 2.45) is 0 Å². The van der Waals surface area contributed by atoms with Crippen molar-refractivity contribution < 1.29 is 4.79 Å². The first-order chi connectivity index (χ1) is 9.60. The Morgan fingerprint density at radius 1 is 1.45 bits per heavy atom. The molecular formula is C14H10BrNOS3. The number of rotatable bonds is 2. The van der Waals surface area contributed by atoms with Gasteiger partial charge in [0.05, 0.1) is 4.91 Å². The Balaban J connectivity index is 2.05. The molecule has 102 valence electrons. The Labute approximate surface area is 139 Å². The fraction of sp³-hybridized carbons (Fsp3) is 0.143. The molecule has 1 aromatic heterocycles. The van der Waals surface area contributed by atoms with E-state index in [9.17, 15) is 4.79 Å². The molecule has 0 spiro atoms. The van der Waals surface area contributed by atoms with Crippen LogP contribution in [0.5, 0.6) is 0 Å². The number of carbonyl (C=O) groups is 1. The summed E-state index contributed by atoms with van der Waals surface area (Å²) < 4.78 is 2.90. The molecule has 2 heterocycles. The first-order valence-electron chi connectivity index (χ1n) is 6.02. The number of amides is 1. The van der Waals surface area contributed by atoms with Gasteiger partial charge in [-0.1, -0.05) is 39.9 Å². The van der Waals surface area contributed by atoms with E-state index in [2.05, 4.69) is 33.4 Å². The van der Waals surface area contributed by atoms with E-state index in [1.165, 1.54) is 16.5 Å². The highest BCUT2D eigenvalue weighted by molar-refractivity contribution is 9.10. The van der Waals surface area contributed by atoms with Crippen molar-refractivity contribution in [2.75, 3.05) is 6.54 Å². The van der Waals surface area contributed by atoms with Crippen molar-refractivity contribution in [3.63, 3.8) is 0 Å². The van der Waals surface area contributed by atoms with Gasteiger partial charge in [-0.05, 0) is 42.1 Å². The summed E-state index contributed by atoms with van der Waals surface area (Å²) in [6.07, 6.45) is 1.94. The Hall–Kier alpha value is -0.690. The molecule has 2 aromatic rings. The van der Waals surface area contributed by atoms with Crippen LogP contribution >= 0.6 is 51.2 Å². The number of hydrogen-bond acceptors (Lipinski definition) is 4. The van der Waals surface area contributed by atoms with Crippen LogP contribution in [0.1, 0.15) is 12.5 Å². The number of likely N-dealkylation sites (N-methyl/N-ethyl adjacent to an activating group) is 1. The molecule has 6 heteroatoms. The summed E-state index contributed by atoms with van der Waals surface area (Å²) in [5.41, 5.74) is 1.07. The van der Waals surface area contributed by atoms with Crippen molar-refractivity contribution in [1.82, 2.24) is 4.90 Å². The maximum atomic E-state index is 12.2. The van der Waals surface area contributed by atoms with E-state index in [-0.39, 0.29) is 5.91 Å². The zero-order chi connectivity index (χ0) is 14.3. The zero-order valence-electron chi connectivity index (χ0n) is 10.6. The summed E-state index contributed by atoms with van der Waals surface area (Å²) in [4.78, 5) is 14.6. The van der Waals surface area contributed by atoms with Gasteiger partial charge >= 0.3 is 0 Å². The second kappa shape index (κ2) is 5.60. The number of nitrogens with zero attached hydrogens (tertiary/aromatic N) is 1. The summed E-state index contributed by atoms with van der Waals surface area (Å²) >= 11 is 11.8. The molecule has 1 fully saturated rings. The number of fused-ring (bicyclic) bond motifs is 1. The summed E-state index contributed by atoms with van der Waals surface area (Å²) in [7, 11) is 0. The van der Waals surface area contributed by atoms with E-state index in [0.29, 0.717) is 15.8 Å². The Bertz CT molecular complexity index is 750. The van der Waals surface area contributed by atoms with Crippen LogP contribution < -0.4 is 0 Å². The van der Waals surface area contributed by atoms with Crippen molar-refractivity contribution >= 4 is 77.6 Å². The minimum atomic E-state index is 0.0110. The normalized spacial score (nSPS) is 17.7. The predicted octanol–water partition coefficient (Wildman–Crippen LogP) is 4.88. The second-order valence-corrected chi connectivity index (χ2v) is 7.76. The van der Waals surface area contributed by atoms with Crippen LogP contribution in [-0.4, -0.2) is 21.7 Å². The van der Waals surface area contributed by atoms with Crippen LogP contribution in [-0.2, 0) is 4.79 Å². The molecular weight excluding hydrogens is 374 g/mol. The molecule has 0 atom stereocenters. The van der Waals surface area contributed by atoms with Crippen LogP contribution in [0.2, 0.25) is 0 Å². The van der Waals surface area contributed by atoms with Gasteiger partial charge in [-0.3, -0.25) is 9.69 Å². The lowest BCUT2D eigenvalue weighted by molar-refractivity contribution is -0.121. The molecule has 1 amide bonds. The molecule has 0 bridgehead atoms. The van der Waals surface area contributed by atoms with Gasteiger partial charge in [0.25, 0.3) is 5.91 Å². The Morgan fingerprint density at radius 2 is 2.25 bits per heavy atom. The number of halogens is 1. The molecule has 0 unspecified atom stereocenters. The predicted molar refractivity (Wildman–Crippen MR) is 95.1 cm³/mol. The maximum absolute atomic E-state index is 12.2. The standard InChI is InChI=1S/C14H10BrNOS3/c1-2-16-13(17)12(20-14(16)18)5-8-7-19-11-4-3-9(15)6-10(8)11/h3-7H,2H2,1H3/b12-5-. The monoisotopic (exact) mass is 383 g/mol. The third-order valence-electron chi connectivity index (χ3n) is 3.04. The molecule has 0 aliphatic carbocycles. The van der Waals surface area contributed by atoms with E-state index in [1.54, 1.807) is 16.2 Å². The highest BCUT2D eigenvalue weighted by Crippen LogP contribution is 2.35. The third kappa shape index (κ3) is 2.45. The fourth-order valence-electron chi connectivity index (χ4n) is 2.05. The van der Waals surface area contributed by atoms with Crippen molar-refractivity contribution in [3.05, 3.63) is 38.5 Å². The first kappa shape index (κ1) is 14.3. The minimum Gasteiger partial charge on any atom is -0.293 e. The van der Waals surface area contributed by atoms with E-state index in [1.807, 2.05) is 19.1 Å². The van der Waals surface area contributed by atoms with Gasteiger partial charge in [0, 0.05) is 21.1 Å². The van der Waals surface area contributed by atoms with Crippen LogP contribution in [0.15, 0.2) is 33.0 Å². The average molecular weight is 384 g/mol. The number of hydrogen-bond donors (Lipinski definition) is 0. The molecule has 2 nitrogen and oxygen atoms in total. The molecule has 0 N–H and O–H groups in total. The zero-order valence-corrected chi connectivity index (χ0v) is 14.6. The van der Waals surface area contributed by atoms with Crippen LogP contribution in [0.3, 0.4) is 0 Å². The summed E-state index contributed by atoms with van der Waals surface area (Å²) in [5.74, 6) is 0.0110. The largest absolute Gasteiger partial charge is 0.293 e. The van der Waals surface area contributed by atoms with E-state index < -0.39 is 0 Å². The van der Waals surface area contributed by atoms with Gasteiger partial charge in [-0.25, -0.2) is 0 Å². The summed E-state index contributed by atoms with van der Waals surface area (Å²) in [6.45, 7) is 2.56. The topological polar surface area (TPSA) is 20.3 Å². The molecule has 3 rings (SSSR count). The molecule has 1 aliphatic heterocycles. The average Bonchev–Trinajstić information content (AvgIpc) is 2.92. The van der Waals surface area contributed by atoms with Crippen molar-refractivity contribution in [3.8, 4) is 0 Å². The SMILES string of the molecule is CCN1C(=O)/C(=C/c2csc3ccc(Br)cc23)SC1=S. The Morgan fingerprint density at radius 3 is 2.95 bits per heavy atom. The van der Waals surface area contributed by atoms with Crippen LogP contribution in [0.4, 0.5) is 0 Å². The molecule has 20 heavy (non-hydrogen) atoms. The number of thioether (sulfide) groups is 1. The molecule has 1 aromatic carbocycles. The highest BCUT2D eigenvalue weighted by atomic mass is 79.9. The Kier molecular flexibility index (Phi) is 3.99. The van der Waals surface area contributed by atoms with Crippen molar-refractivity contribution in [1.29, 1.82) is 0 Å². The smallest absolute Gasteiger partial charge is 0.266 e. The van der Waals surface area contributed by atoms with E-state index in [4.69, 9.17) is 12.2 Å². The van der Waals surface area contributed by atoms with Gasteiger partial charge in [-0.15, -0.1) is 11.3 Å². The highest BCUT2D eigenvalue weighted by Gasteiger charge is 2.30. The lowest BCUT2D eigenvalue weighted by atomic mass is 10.1.